The zero-order valence-corrected chi connectivity index (χ0v) is 30.1. The Hall–Kier alpha value is -2.77. The van der Waals surface area contributed by atoms with Crippen LogP contribution < -0.4 is 0 Å². The van der Waals surface area contributed by atoms with Crippen molar-refractivity contribution in [1.29, 1.82) is 0 Å². The fraction of sp³-hybridized carbons (Fsp3) is 0.317. The summed E-state index contributed by atoms with van der Waals surface area (Å²) in [6, 6.07) is 32.9. The molecule has 1 saturated heterocycles. The maximum atomic E-state index is 2.75. The molecule has 2 aliphatic carbocycles. The van der Waals surface area contributed by atoms with Gasteiger partial charge in [0.15, 0.2) is 0 Å². The van der Waals surface area contributed by atoms with E-state index in [0.29, 0.717) is 19.2 Å². The fourth-order valence-electron chi connectivity index (χ4n) is 8.42. The molecule has 2 atom stereocenters. The second-order valence-corrected chi connectivity index (χ2v) is 31.9. The number of hydrogen-bond acceptors (Lipinski definition) is 0. The number of rotatable bonds is 4. The molecule has 4 aromatic rings. The minimum absolute atomic E-state index is 0.0282. The van der Waals surface area contributed by atoms with Crippen molar-refractivity contribution >= 4 is 12.2 Å². The molecule has 0 nitrogen and oxygen atoms in total. The monoisotopic (exact) mass is 716 g/mol. The van der Waals surface area contributed by atoms with Crippen molar-refractivity contribution < 1.29 is 20.0 Å². The SMILES string of the molecule is CC(C)c1ccc(-c2cccc3c2C=C2[CH]3[Hf]([CH3])([CH3])[CH]3C(=Cc4c(-c5ccc(C(C)C)cc5)cccc43)C2(C)C)cc1. The molecule has 4 aromatic carbocycles. The van der Waals surface area contributed by atoms with Gasteiger partial charge in [0.25, 0.3) is 0 Å². The molecule has 3 aliphatic rings. The molecule has 0 amide bonds. The number of benzene rings is 4. The molecule has 0 aromatic heterocycles. The molecule has 0 spiro atoms. The summed E-state index contributed by atoms with van der Waals surface area (Å²) in [5, 5.41) is 0. The van der Waals surface area contributed by atoms with Gasteiger partial charge in [-0.25, -0.2) is 0 Å². The molecule has 1 heteroatoms. The Balaban J connectivity index is 1.36. The average molecular weight is 715 g/mol. The number of allylic oxidation sites excluding steroid dienone is 2. The van der Waals surface area contributed by atoms with E-state index in [4.69, 9.17) is 0 Å². The zero-order chi connectivity index (χ0) is 29.6. The van der Waals surface area contributed by atoms with E-state index >= 15 is 0 Å². The Labute approximate surface area is 257 Å². The van der Waals surface area contributed by atoms with Gasteiger partial charge < -0.3 is 0 Å². The third kappa shape index (κ3) is 4.10. The summed E-state index contributed by atoms with van der Waals surface area (Å²) >= 11 is -3.03. The Morgan fingerprint density at radius 3 is 1.29 bits per heavy atom. The molecule has 1 aliphatic heterocycles. The van der Waals surface area contributed by atoms with Crippen LogP contribution in [0.4, 0.5) is 0 Å². The number of fused-ring (bicyclic) bond motifs is 6. The molecule has 0 N–H and O–H groups in total. The van der Waals surface area contributed by atoms with Gasteiger partial charge in [-0.2, -0.15) is 0 Å². The third-order valence-electron chi connectivity index (χ3n) is 10.8. The summed E-state index contributed by atoms with van der Waals surface area (Å²) in [7, 11) is 0. The van der Waals surface area contributed by atoms with E-state index in [9.17, 15) is 0 Å². The molecule has 0 bridgehead atoms. The van der Waals surface area contributed by atoms with E-state index in [1.807, 2.05) is 0 Å². The van der Waals surface area contributed by atoms with Gasteiger partial charge in [0.2, 0.25) is 0 Å². The first-order valence-corrected chi connectivity index (χ1v) is 27.2. The van der Waals surface area contributed by atoms with Gasteiger partial charge in [0, 0.05) is 0 Å². The molecule has 7 rings (SSSR count). The second-order valence-electron chi connectivity index (χ2n) is 14.7. The van der Waals surface area contributed by atoms with E-state index in [0.717, 1.165) is 0 Å². The van der Waals surface area contributed by atoms with Crippen LogP contribution in [0.2, 0.25) is 9.36 Å². The predicted octanol–water partition coefficient (Wildman–Crippen LogP) is 12.1. The first kappa shape index (κ1) is 28.0. The first-order valence-electron chi connectivity index (χ1n) is 15.9. The van der Waals surface area contributed by atoms with Crippen molar-refractivity contribution in [3.05, 3.63) is 129 Å². The quantitative estimate of drug-likeness (QED) is 0.185. The van der Waals surface area contributed by atoms with Gasteiger partial charge in [0.1, 0.15) is 0 Å². The summed E-state index contributed by atoms with van der Waals surface area (Å²) < 4.78 is 6.72. The van der Waals surface area contributed by atoms with Crippen molar-refractivity contribution in [1.82, 2.24) is 0 Å². The molecule has 2 unspecified atom stereocenters. The first-order chi connectivity index (χ1) is 20.0. The van der Waals surface area contributed by atoms with Crippen LogP contribution in [-0.4, -0.2) is 0 Å². The van der Waals surface area contributed by atoms with E-state index in [1.54, 1.807) is 22.3 Å². The standard InChI is InChI=1S/C39H38.2CH3.Hf/c1-25(2)27-13-17-29(18-14-27)35-11-7-9-31-21-33(23-37(31)35)39(5,6)34-22-32-10-8-12-36(38(32)24-34)30-19-15-28(16-20-30)26(3)4;;;/h7-26H,1-6H3;2*1H3;. The average Bonchev–Trinajstić information content (AvgIpc) is 3.58. The summed E-state index contributed by atoms with van der Waals surface area (Å²) in [4.78, 5) is 0. The second kappa shape index (κ2) is 9.88. The predicted molar refractivity (Wildman–Crippen MR) is 179 cm³/mol. The zero-order valence-electron chi connectivity index (χ0n) is 26.5. The summed E-state index contributed by atoms with van der Waals surface area (Å²) in [6.45, 7) is 14.1. The Kier molecular flexibility index (Phi) is 6.59. The molecule has 42 heavy (non-hydrogen) atoms. The third-order valence-corrected chi connectivity index (χ3v) is 26.0. The van der Waals surface area contributed by atoms with Crippen LogP contribution in [0.3, 0.4) is 0 Å². The van der Waals surface area contributed by atoms with Crippen LogP contribution in [0.5, 0.6) is 0 Å². The summed E-state index contributed by atoms with van der Waals surface area (Å²) in [5.41, 5.74) is 17.8. The van der Waals surface area contributed by atoms with Crippen LogP contribution in [0.25, 0.3) is 34.4 Å². The Morgan fingerprint density at radius 1 is 0.548 bits per heavy atom. The molecule has 212 valence electrons. The van der Waals surface area contributed by atoms with Crippen LogP contribution in [0, 0.1) is 5.41 Å². The van der Waals surface area contributed by atoms with Gasteiger partial charge in [-0.1, -0.05) is 0 Å². The van der Waals surface area contributed by atoms with E-state index in [2.05, 4.69) is 148 Å². The molecular weight excluding hydrogens is 671 g/mol. The van der Waals surface area contributed by atoms with Crippen LogP contribution >= 0.6 is 0 Å². The van der Waals surface area contributed by atoms with Crippen LogP contribution in [0.15, 0.2) is 96.1 Å². The molecule has 1 heterocycles. The fourth-order valence-corrected chi connectivity index (χ4v) is 26.1. The van der Waals surface area contributed by atoms with Crippen LogP contribution in [0.1, 0.15) is 94.1 Å². The Morgan fingerprint density at radius 2 is 0.929 bits per heavy atom. The van der Waals surface area contributed by atoms with Gasteiger partial charge in [0.05, 0.1) is 0 Å². The Bertz CT molecular complexity index is 1630. The topological polar surface area (TPSA) is 0 Å². The van der Waals surface area contributed by atoms with E-state index < -0.39 is 20.0 Å². The van der Waals surface area contributed by atoms with Gasteiger partial charge in [-0.05, 0) is 0 Å². The number of hydrogen-bond donors (Lipinski definition) is 0. The minimum atomic E-state index is -3.03. The van der Waals surface area contributed by atoms with Gasteiger partial charge in [-0.15, -0.1) is 0 Å². The molecule has 0 radical (unpaired) electrons. The maximum absolute atomic E-state index is 3.03. The van der Waals surface area contributed by atoms with Crippen LogP contribution in [-0.2, 0) is 20.0 Å². The summed E-state index contributed by atoms with van der Waals surface area (Å²) in [6.07, 6.45) is 5.25. The van der Waals surface area contributed by atoms with Crippen molar-refractivity contribution in [3.8, 4) is 22.3 Å². The van der Waals surface area contributed by atoms with Gasteiger partial charge >= 0.3 is 259 Å². The normalized spacial score (nSPS) is 21.0. The molecular formula is C41H44Hf. The van der Waals surface area contributed by atoms with Crippen molar-refractivity contribution in [2.75, 3.05) is 0 Å². The van der Waals surface area contributed by atoms with E-state index in [1.165, 1.54) is 44.5 Å². The van der Waals surface area contributed by atoms with Crippen molar-refractivity contribution in [3.63, 3.8) is 0 Å². The molecule has 0 saturated carbocycles. The van der Waals surface area contributed by atoms with Gasteiger partial charge in [-0.3, -0.25) is 0 Å². The molecule has 1 fully saturated rings. The van der Waals surface area contributed by atoms with Crippen molar-refractivity contribution in [2.45, 2.75) is 70.1 Å². The summed E-state index contributed by atoms with van der Waals surface area (Å²) in [5.74, 6) is 1.11. The van der Waals surface area contributed by atoms with Crippen molar-refractivity contribution in [2.24, 2.45) is 5.41 Å². The van der Waals surface area contributed by atoms with E-state index in [-0.39, 0.29) is 5.41 Å².